The van der Waals surface area contributed by atoms with Crippen LogP contribution in [0.5, 0.6) is 0 Å². The van der Waals surface area contributed by atoms with Gasteiger partial charge in [-0.05, 0) is 68.7 Å². The number of hydrogen-bond donors (Lipinski definition) is 1. The molecule has 86 valence electrons. The van der Waals surface area contributed by atoms with E-state index in [0.717, 1.165) is 43.2 Å². The molecule has 4 fully saturated rings. The quantitative estimate of drug-likeness (QED) is 0.720. The van der Waals surface area contributed by atoms with Crippen LogP contribution in [0.4, 0.5) is 0 Å². The van der Waals surface area contributed by atoms with E-state index >= 15 is 0 Å². The molecular formula is C13H23NO. The zero-order chi connectivity index (χ0) is 10.3. The van der Waals surface area contributed by atoms with Crippen molar-refractivity contribution in [3.63, 3.8) is 0 Å². The fourth-order valence-corrected chi connectivity index (χ4v) is 4.45. The van der Waals surface area contributed by atoms with Gasteiger partial charge in [0.15, 0.2) is 0 Å². The van der Waals surface area contributed by atoms with Gasteiger partial charge in [-0.3, -0.25) is 0 Å². The van der Waals surface area contributed by atoms with Gasteiger partial charge in [0, 0.05) is 6.61 Å². The van der Waals surface area contributed by atoms with E-state index in [1.807, 2.05) is 0 Å². The van der Waals surface area contributed by atoms with Gasteiger partial charge in [-0.25, -0.2) is 0 Å². The van der Waals surface area contributed by atoms with Crippen molar-refractivity contribution in [2.75, 3.05) is 13.2 Å². The minimum atomic E-state index is 0.601. The lowest BCUT2D eigenvalue weighted by atomic mass is 9.55. The fourth-order valence-electron chi connectivity index (χ4n) is 4.45. The van der Waals surface area contributed by atoms with Gasteiger partial charge in [0.05, 0.1) is 6.10 Å². The highest BCUT2D eigenvalue weighted by Gasteiger charge is 2.48. The summed E-state index contributed by atoms with van der Waals surface area (Å²) in [4.78, 5) is 0. The van der Waals surface area contributed by atoms with Crippen LogP contribution in [0.15, 0.2) is 0 Å². The third-order valence-corrected chi connectivity index (χ3v) is 4.80. The van der Waals surface area contributed by atoms with Crippen molar-refractivity contribution < 1.29 is 4.74 Å². The van der Waals surface area contributed by atoms with Gasteiger partial charge in [0.25, 0.3) is 0 Å². The Morgan fingerprint density at radius 3 is 2.07 bits per heavy atom. The summed E-state index contributed by atoms with van der Waals surface area (Å²) in [5.41, 5.74) is 5.51. The lowest BCUT2D eigenvalue weighted by Crippen LogP contribution is -2.49. The van der Waals surface area contributed by atoms with E-state index in [9.17, 15) is 0 Å². The molecule has 0 amide bonds. The highest BCUT2D eigenvalue weighted by molar-refractivity contribution is 4.98. The summed E-state index contributed by atoms with van der Waals surface area (Å²) in [6.45, 7) is 1.66. The fraction of sp³-hybridized carbons (Fsp3) is 1.00. The lowest BCUT2D eigenvalue weighted by Gasteiger charge is -2.54. The normalized spacial score (nSPS) is 47.4. The summed E-state index contributed by atoms with van der Waals surface area (Å²) in [5.74, 6) is 3.92. The van der Waals surface area contributed by atoms with Crippen LogP contribution in [-0.4, -0.2) is 19.3 Å². The second-order valence-electron chi connectivity index (χ2n) is 5.91. The Kier molecular flexibility index (Phi) is 2.73. The van der Waals surface area contributed by atoms with Crippen molar-refractivity contribution in [1.29, 1.82) is 0 Å². The second kappa shape index (κ2) is 4.06. The van der Waals surface area contributed by atoms with E-state index in [1.54, 1.807) is 0 Å². The molecule has 0 atom stereocenters. The zero-order valence-electron chi connectivity index (χ0n) is 9.53. The predicted molar refractivity (Wildman–Crippen MR) is 60.5 cm³/mol. The molecule has 2 N–H and O–H groups in total. The van der Waals surface area contributed by atoms with E-state index in [0.29, 0.717) is 6.10 Å². The first-order valence-corrected chi connectivity index (χ1v) is 6.68. The Labute approximate surface area is 92.6 Å². The van der Waals surface area contributed by atoms with Gasteiger partial charge in [-0.15, -0.1) is 0 Å². The minimum absolute atomic E-state index is 0.601. The van der Waals surface area contributed by atoms with Crippen LogP contribution in [0.2, 0.25) is 0 Å². The molecular weight excluding hydrogens is 186 g/mol. The molecule has 0 heterocycles. The van der Waals surface area contributed by atoms with Crippen molar-refractivity contribution in [3.05, 3.63) is 0 Å². The second-order valence-corrected chi connectivity index (χ2v) is 5.91. The van der Waals surface area contributed by atoms with E-state index in [4.69, 9.17) is 10.5 Å². The van der Waals surface area contributed by atoms with Crippen molar-refractivity contribution in [3.8, 4) is 0 Å². The van der Waals surface area contributed by atoms with Gasteiger partial charge in [-0.1, -0.05) is 0 Å². The van der Waals surface area contributed by atoms with Crippen LogP contribution in [0.25, 0.3) is 0 Å². The van der Waals surface area contributed by atoms with Gasteiger partial charge < -0.3 is 10.5 Å². The summed E-state index contributed by atoms with van der Waals surface area (Å²) in [6.07, 6.45) is 9.00. The Bertz CT molecular complexity index is 201. The van der Waals surface area contributed by atoms with Crippen LogP contribution < -0.4 is 5.73 Å². The number of hydrogen-bond acceptors (Lipinski definition) is 2. The van der Waals surface area contributed by atoms with E-state index in [1.165, 1.54) is 32.1 Å². The third kappa shape index (κ3) is 1.83. The van der Waals surface area contributed by atoms with Gasteiger partial charge >= 0.3 is 0 Å². The molecule has 4 aliphatic carbocycles. The molecule has 15 heavy (non-hydrogen) atoms. The molecule has 0 saturated heterocycles. The maximum absolute atomic E-state index is 6.08. The monoisotopic (exact) mass is 209 g/mol. The highest BCUT2D eigenvalue weighted by atomic mass is 16.5. The van der Waals surface area contributed by atoms with E-state index in [-0.39, 0.29) is 0 Å². The minimum Gasteiger partial charge on any atom is -0.378 e. The average molecular weight is 209 g/mol. The molecule has 0 aromatic heterocycles. The Balaban J connectivity index is 1.60. The number of ether oxygens (including phenoxy) is 1. The Hall–Kier alpha value is -0.0800. The topological polar surface area (TPSA) is 35.2 Å². The Morgan fingerprint density at radius 1 is 0.933 bits per heavy atom. The summed E-state index contributed by atoms with van der Waals surface area (Å²) in [6, 6.07) is 0. The Morgan fingerprint density at radius 2 is 1.53 bits per heavy atom. The van der Waals surface area contributed by atoms with Crippen LogP contribution in [0.1, 0.15) is 38.5 Å². The highest BCUT2D eigenvalue weighted by Crippen LogP contribution is 2.54. The van der Waals surface area contributed by atoms with Crippen LogP contribution >= 0.6 is 0 Å². The van der Waals surface area contributed by atoms with Crippen molar-refractivity contribution >= 4 is 0 Å². The van der Waals surface area contributed by atoms with Crippen LogP contribution in [0.3, 0.4) is 0 Å². The maximum Gasteiger partial charge on any atom is 0.0631 e. The van der Waals surface area contributed by atoms with Crippen molar-refractivity contribution in [1.82, 2.24) is 0 Å². The van der Waals surface area contributed by atoms with Gasteiger partial charge in [-0.2, -0.15) is 0 Å². The first-order chi connectivity index (χ1) is 7.36. The molecule has 4 rings (SSSR count). The maximum atomic E-state index is 6.08. The summed E-state index contributed by atoms with van der Waals surface area (Å²) in [7, 11) is 0. The molecule has 4 bridgehead atoms. The molecule has 0 spiro atoms. The molecule has 0 aromatic rings. The number of nitrogens with two attached hydrogens (primary N) is 1. The third-order valence-electron chi connectivity index (χ3n) is 4.80. The van der Waals surface area contributed by atoms with Crippen LogP contribution in [0, 0.1) is 23.7 Å². The molecule has 4 aliphatic rings. The largest absolute Gasteiger partial charge is 0.378 e. The number of rotatable bonds is 4. The molecule has 2 nitrogen and oxygen atoms in total. The van der Waals surface area contributed by atoms with Crippen molar-refractivity contribution in [2.24, 2.45) is 29.4 Å². The molecule has 2 heteroatoms. The molecule has 0 radical (unpaired) electrons. The lowest BCUT2D eigenvalue weighted by molar-refractivity contribution is -0.126. The smallest absolute Gasteiger partial charge is 0.0631 e. The van der Waals surface area contributed by atoms with Gasteiger partial charge in [0.1, 0.15) is 0 Å². The summed E-state index contributed by atoms with van der Waals surface area (Å²) >= 11 is 0. The van der Waals surface area contributed by atoms with Crippen LogP contribution in [-0.2, 0) is 4.74 Å². The molecule has 0 aliphatic heterocycles. The molecule has 0 unspecified atom stereocenters. The van der Waals surface area contributed by atoms with E-state index in [2.05, 4.69) is 0 Å². The molecule has 0 aromatic carbocycles. The first kappa shape index (κ1) is 10.1. The summed E-state index contributed by atoms with van der Waals surface area (Å²) in [5, 5.41) is 0. The average Bonchev–Trinajstić information content (AvgIpc) is 2.21. The van der Waals surface area contributed by atoms with E-state index < -0.39 is 0 Å². The summed E-state index contributed by atoms with van der Waals surface area (Å²) < 4.78 is 6.08. The standard InChI is InChI=1S/C13H23NO/c14-2-1-3-15-13-11-5-9-4-10(7-11)8-12(13)6-9/h9-13H,1-8,14H2. The zero-order valence-corrected chi connectivity index (χ0v) is 9.53. The SMILES string of the molecule is NCCCOC1C2CC3CC(C2)CC1C3. The van der Waals surface area contributed by atoms with Crippen molar-refractivity contribution in [2.45, 2.75) is 44.6 Å². The van der Waals surface area contributed by atoms with Gasteiger partial charge in [0.2, 0.25) is 0 Å². The first-order valence-electron chi connectivity index (χ1n) is 6.68. The molecule has 4 saturated carbocycles. The predicted octanol–water partition coefficient (Wildman–Crippen LogP) is 2.18.